The normalized spacial score (nSPS) is 33.1. The first-order valence-corrected chi connectivity index (χ1v) is 25.8. The maximum absolute atomic E-state index is 15.1. The zero-order valence-corrected chi connectivity index (χ0v) is 42.7. The van der Waals surface area contributed by atoms with Crippen molar-refractivity contribution in [3.63, 3.8) is 0 Å². The highest BCUT2D eigenvalue weighted by Crippen LogP contribution is 2.75. The average Bonchev–Trinajstić information content (AvgIpc) is 3.30. The fourth-order valence-corrected chi connectivity index (χ4v) is 15.6. The van der Waals surface area contributed by atoms with Crippen LogP contribution in [0, 0.1) is 50.2 Å². The van der Waals surface area contributed by atoms with Gasteiger partial charge in [-0.05, 0) is 162 Å². The number of hydrogen-bond acceptors (Lipinski definition) is 7. The largest absolute Gasteiger partial charge is 0.469 e. The van der Waals surface area contributed by atoms with E-state index in [4.69, 9.17) is 13.9 Å². The van der Waals surface area contributed by atoms with Crippen LogP contribution in [0.25, 0.3) is 33.4 Å². The SMILES string of the molecule is CCN(CC)c1ccc2c(-c3ccccc3C(=O)O[C@H]3CC[C@]4(C)[C@H]5C(=O)C=C6[C@@H]7C[C@@](C)(C(=O)OC)CC[C@]7(C)CC[C@@]6(C)[C@]5(C)CC[C@H]4C3(C)C)c3ccc(=[N+](CC)CC)cc-3oc2c1. The molecule has 0 radical (unpaired) electrons. The van der Waals surface area contributed by atoms with Crippen molar-refractivity contribution in [1.82, 2.24) is 4.58 Å². The summed E-state index contributed by atoms with van der Waals surface area (Å²) in [7, 11) is 1.51. The Morgan fingerprint density at radius 1 is 0.806 bits per heavy atom. The van der Waals surface area contributed by atoms with Crippen LogP contribution in [0.3, 0.4) is 0 Å². The molecule has 0 aromatic heterocycles. The fraction of sp³-hybridized carbons (Fsp3) is 0.593. The van der Waals surface area contributed by atoms with Gasteiger partial charge < -0.3 is 18.8 Å². The number of ketones is 1. The number of hydrogen-bond donors (Lipinski definition) is 0. The molecule has 67 heavy (non-hydrogen) atoms. The molecule has 0 N–H and O–H groups in total. The Bertz CT molecular complexity index is 2700. The lowest BCUT2D eigenvalue weighted by atomic mass is 9.33. The predicted molar refractivity (Wildman–Crippen MR) is 269 cm³/mol. The van der Waals surface area contributed by atoms with Gasteiger partial charge in [-0.1, -0.05) is 65.3 Å². The number of fused-ring (bicyclic) bond motifs is 9. The van der Waals surface area contributed by atoms with Gasteiger partial charge in [0.15, 0.2) is 5.78 Å². The van der Waals surface area contributed by atoms with E-state index in [-0.39, 0.29) is 68.7 Å². The Hall–Kier alpha value is -4.72. The van der Waals surface area contributed by atoms with Gasteiger partial charge in [-0.25, -0.2) is 9.37 Å². The molecule has 4 fully saturated rings. The number of esters is 2. The van der Waals surface area contributed by atoms with Gasteiger partial charge >= 0.3 is 11.9 Å². The molecule has 4 saturated carbocycles. The third kappa shape index (κ3) is 7.09. The number of rotatable bonds is 9. The Kier molecular flexibility index (Phi) is 11.8. The Morgan fingerprint density at radius 2 is 1.52 bits per heavy atom. The van der Waals surface area contributed by atoms with Gasteiger partial charge in [0.2, 0.25) is 5.36 Å². The van der Waals surface area contributed by atoms with Crippen LogP contribution in [0.4, 0.5) is 5.69 Å². The van der Waals surface area contributed by atoms with E-state index in [1.165, 1.54) is 12.7 Å². The molecule has 0 amide bonds. The number of anilines is 1. The van der Waals surface area contributed by atoms with E-state index in [1.807, 2.05) is 18.2 Å². The molecule has 2 aromatic carbocycles. The molecule has 358 valence electrons. The van der Waals surface area contributed by atoms with E-state index in [2.05, 4.69) is 134 Å². The monoisotopic (exact) mass is 910 g/mol. The number of benzene rings is 3. The zero-order valence-electron chi connectivity index (χ0n) is 42.7. The molecule has 9 atom stereocenters. The van der Waals surface area contributed by atoms with Crippen LogP contribution in [-0.2, 0) is 19.1 Å². The summed E-state index contributed by atoms with van der Waals surface area (Å²) in [6.45, 7) is 28.6. The lowest BCUT2D eigenvalue weighted by Crippen LogP contribution is -2.66. The molecule has 1 heterocycles. The Labute approximate surface area is 399 Å². The van der Waals surface area contributed by atoms with Crippen LogP contribution < -0.4 is 14.8 Å². The highest BCUT2D eigenvalue weighted by molar-refractivity contribution is 6.08. The lowest BCUT2D eigenvalue weighted by molar-refractivity contribution is -0.202. The highest BCUT2D eigenvalue weighted by Gasteiger charge is 2.70. The van der Waals surface area contributed by atoms with Crippen molar-refractivity contribution in [3.05, 3.63) is 83.2 Å². The number of ether oxygens (including phenoxy) is 2. The summed E-state index contributed by atoms with van der Waals surface area (Å²) >= 11 is 0. The van der Waals surface area contributed by atoms with Gasteiger partial charge in [-0.15, -0.1) is 0 Å². The van der Waals surface area contributed by atoms with E-state index in [1.54, 1.807) is 0 Å². The highest BCUT2D eigenvalue weighted by atomic mass is 16.5. The van der Waals surface area contributed by atoms with Crippen molar-refractivity contribution in [2.75, 3.05) is 38.2 Å². The predicted octanol–water partition coefficient (Wildman–Crippen LogP) is 12.5. The Balaban J connectivity index is 1.05. The molecular weight excluding hydrogens is 833 g/mol. The molecular formula is C59H77N2O6+. The summed E-state index contributed by atoms with van der Waals surface area (Å²) in [4.78, 5) is 45.7. The van der Waals surface area contributed by atoms with Crippen LogP contribution in [0.2, 0.25) is 0 Å². The van der Waals surface area contributed by atoms with E-state index in [9.17, 15) is 9.59 Å². The second-order valence-electron chi connectivity index (χ2n) is 23.2. The van der Waals surface area contributed by atoms with Gasteiger partial charge in [-0.3, -0.25) is 9.59 Å². The molecule has 9 rings (SSSR count). The number of carbonyl (C=O) groups is 3. The van der Waals surface area contributed by atoms with Gasteiger partial charge in [-0.2, -0.15) is 0 Å². The fourth-order valence-electron chi connectivity index (χ4n) is 15.6. The molecule has 6 aliphatic carbocycles. The summed E-state index contributed by atoms with van der Waals surface area (Å²) in [6.07, 6.45) is 9.85. The summed E-state index contributed by atoms with van der Waals surface area (Å²) in [5, 5.41) is 2.05. The summed E-state index contributed by atoms with van der Waals surface area (Å²) in [5.41, 5.74) is 4.92. The van der Waals surface area contributed by atoms with Gasteiger partial charge in [0, 0.05) is 58.8 Å². The minimum Gasteiger partial charge on any atom is -0.469 e. The van der Waals surface area contributed by atoms with Crippen molar-refractivity contribution in [1.29, 1.82) is 0 Å². The zero-order chi connectivity index (χ0) is 48.1. The minimum atomic E-state index is -0.550. The first-order valence-electron chi connectivity index (χ1n) is 25.8. The summed E-state index contributed by atoms with van der Waals surface area (Å²) in [6, 6.07) is 20.8. The minimum absolute atomic E-state index is 0.0611. The van der Waals surface area contributed by atoms with Crippen LogP contribution in [0.5, 0.6) is 0 Å². The maximum atomic E-state index is 15.1. The van der Waals surface area contributed by atoms with Crippen LogP contribution >= 0.6 is 0 Å². The van der Waals surface area contributed by atoms with Crippen LogP contribution in [0.15, 0.2) is 76.7 Å². The molecule has 8 nitrogen and oxygen atoms in total. The van der Waals surface area contributed by atoms with Crippen molar-refractivity contribution in [2.45, 2.75) is 140 Å². The number of carbonyl (C=O) groups excluding carboxylic acids is 3. The average molecular weight is 910 g/mol. The van der Waals surface area contributed by atoms with Gasteiger partial charge in [0.05, 0.1) is 24.2 Å². The molecule has 7 aliphatic rings. The van der Waals surface area contributed by atoms with Gasteiger partial charge in [0.1, 0.15) is 30.5 Å². The molecule has 0 saturated heterocycles. The quantitative estimate of drug-likeness (QED) is 0.0939. The maximum Gasteiger partial charge on any atom is 0.339 e. The smallest absolute Gasteiger partial charge is 0.339 e. The topological polar surface area (TPSA) is 89.1 Å². The first-order chi connectivity index (χ1) is 31.8. The van der Waals surface area contributed by atoms with E-state index >= 15 is 4.79 Å². The van der Waals surface area contributed by atoms with Crippen molar-refractivity contribution in [3.8, 4) is 22.5 Å². The lowest BCUT2D eigenvalue weighted by Gasteiger charge is -2.70. The van der Waals surface area contributed by atoms with Crippen molar-refractivity contribution >= 4 is 34.4 Å². The van der Waals surface area contributed by atoms with Gasteiger partial charge in [0.25, 0.3) is 0 Å². The number of allylic oxidation sites excluding steroid dienone is 2. The van der Waals surface area contributed by atoms with Crippen LogP contribution in [-0.4, -0.2) is 57.1 Å². The molecule has 0 unspecified atom stereocenters. The molecule has 0 spiro atoms. The number of methoxy groups -OCH3 is 1. The van der Waals surface area contributed by atoms with Crippen molar-refractivity contribution in [2.24, 2.45) is 50.2 Å². The second kappa shape index (κ2) is 16.8. The molecule has 2 aromatic rings. The Morgan fingerprint density at radius 3 is 2.22 bits per heavy atom. The van der Waals surface area contributed by atoms with Crippen molar-refractivity contribution < 1.29 is 28.3 Å². The van der Waals surface area contributed by atoms with E-state index < -0.39 is 5.41 Å². The van der Waals surface area contributed by atoms with E-state index in [0.29, 0.717) is 12.0 Å². The first kappa shape index (κ1) is 47.4. The molecule has 0 bridgehead atoms. The number of nitrogens with zero attached hydrogens (tertiary/aromatic N) is 2. The summed E-state index contributed by atoms with van der Waals surface area (Å²) in [5.74, 6) is 0.802. The standard InChI is InChI=1S/C59H77N2O6/c1-13-60(14-2)37-21-23-41-46(33-37)66-47-34-38(61(15-3)16-4)22-24-42(47)50(41)39-19-17-18-20-40(39)52(63)67-49-26-27-57(9)48(54(49,5)6)25-28-59(11)51(57)45(62)35-43-44-36-56(8,53(64)65-12)30-29-55(44,7)31-32-58(43,59)10/h17-24,33-35,44,48-49,51H,13-16,25-32,36H2,1-12H3/q+1/t44-,48-,49-,51+,55+,56-,57-,58+,59+/m0/s1. The third-order valence-electron chi connectivity index (χ3n) is 19.8. The second-order valence-corrected chi connectivity index (χ2v) is 23.2. The molecule has 8 heteroatoms. The molecule has 1 aliphatic heterocycles. The van der Waals surface area contributed by atoms with E-state index in [0.717, 1.165) is 122 Å². The summed E-state index contributed by atoms with van der Waals surface area (Å²) < 4.78 is 21.3. The third-order valence-corrected chi connectivity index (χ3v) is 19.8. The van der Waals surface area contributed by atoms with Crippen LogP contribution in [0.1, 0.15) is 144 Å².